The van der Waals surface area contributed by atoms with Crippen LogP contribution in [-0.4, -0.2) is 27.5 Å². The Hall–Kier alpha value is 0.220. The van der Waals surface area contributed by atoms with Crippen molar-refractivity contribution in [1.82, 2.24) is 5.32 Å². The van der Waals surface area contributed by atoms with E-state index in [1.807, 2.05) is 6.92 Å². The third-order valence-corrected chi connectivity index (χ3v) is 3.72. The highest BCUT2D eigenvalue weighted by molar-refractivity contribution is 7.60. The lowest BCUT2D eigenvalue weighted by Gasteiger charge is -2.18. The number of nitrogens with one attached hydrogen (secondary N) is 1. The molecule has 0 saturated carbocycles. The van der Waals surface area contributed by atoms with E-state index in [1.54, 1.807) is 0 Å². The van der Waals surface area contributed by atoms with Crippen molar-refractivity contribution in [2.75, 3.05) is 6.54 Å². The Balaban J connectivity index is 4.05. The second-order valence-electron chi connectivity index (χ2n) is 3.10. The molecule has 10 heteroatoms. The quantitative estimate of drug-likeness (QED) is 0.293. The highest BCUT2D eigenvalue weighted by atomic mass is 31.3. The molecule has 0 rings (SSSR count). The van der Waals surface area contributed by atoms with E-state index in [-0.39, 0.29) is 0 Å². The largest absolute Gasteiger partial charge is 0.482 e. The monoisotopic (exact) mass is 277 g/mol. The van der Waals surface area contributed by atoms with Crippen LogP contribution in [0.1, 0.15) is 26.7 Å². The molecule has 0 heterocycles. The van der Waals surface area contributed by atoms with Gasteiger partial charge in [-0.2, -0.15) is 4.31 Å². The molecule has 98 valence electrons. The molecule has 0 amide bonds. The minimum absolute atomic E-state index is 0.563. The van der Waals surface area contributed by atoms with Crippen LogP contribution in [0.15, 0.2) is 0 Å². The zero-order valence-electron chi connectivity index (χ0n) is 9.07. The summed E-state index contributed by atoms with van der Waals surface area (Å²) in [5.41, 5.74) is 0. The average molecular weight is 277 g/mol. The second-order valence-corrected chi connectivity index (χ2v) is 5.88. The lowest BCUT2D eigenvalue weighted by molar-refractivity contribution is 0.116. The van der Waals surface area contributed by atoms with Crippen LogP contribution >= 0.6 is 15.6 Å². The standard InChI is InChI=1S/C6H17NO7P2/c1-3-4-5-7-6(2)13-16(11,12)14-15(8,9)10/h6-7H,3-5H2,1-2H3,(H,11,12)(H2,8,9,10). The van der Waals surface area contributed by atoms with Crippen molar-refractivity contribution in [2.24, 2.45) is 0 Å². The average Bonchev–Trinajstić information content (AvgIpc) is 1.98. The van der Waals surface area contributed by atoms with Crippen LogP contribution < -0.4 is 5.32 Å². The van der Waals surface area contributed by atoms with Gasteiger partial charge in [0.1, 0.15) is 6.23 Å². The first-order chi connectivity index (χ1) is 7.16. The molecule has 0 spiro atoms. The first kappa shape index (κ1) is 16.2. The lowest BCUT2D eigenvalue weighted by Crippen LogP contribution is -2.28. The van der Waals surface area contributed by atoms with Crippen LogP contribution in [0.3, 0.4) is 0 Å². The first-order valence-corrected chi connectivity index (χ1v) is 7.70. The summed E-state index contributed by atoms with van der Waals surface area (Å²) in [6.45, 7) is 3.97. The number of hydrogen-bond acceptors (Lipinski definition) is 5. The topological polar surface area (TPSA) is 125 Å². The van der Waals surface area contributed by atoms with Gasteiger partial charge in [-0.3, -0.25) is 9.84 Å². The zero-order valence-corrected chi connectivity index (χ0v) is 10.9. The highest BCUT2D eigenvalue weighted by Gasteiger charge is 2.33. The second kappa shape index (κ2) is 6.83. The molecule has 0 saturated heterocycles. The van der Waals surface area contributed by atoms with E-state index in [1.165, 1.54) is 6.92 Å². The number of rotatable bonds is 8. The Bertz CT molecular complexity index is 291. The Labute approximate surface area is 93.8 Å². The fraction of sp³-hybridized carbons (Fsp3) is 1.00. The lowest BCUT2D eigenvalue weighted by atomic mass is 10.3. The maximum absolute atomic E-state index is 11.1. The number of hydrogen-bond donors (Lipinski definition) is 4. The van der Waals surface area contributed by atoms with Gasteiger partial charge in [-0.1, -0.05) is 13.3 Å². The Morgan fingerprint density at radius 3 is 2.31 bits per heavy atom. The molecule has 0 fully saturated rings. The van der Waals surface area contributed by atoms with Crippen molar-refractivity contribution < 1.29 is 32.6 Å². The van der Waals surface area contributed by atoms with Crippen molar-refractivity contribution in [3.63, 3.8) is 0 Å². The third-order valence-electron chi connectivity index (χ3n) is 1.46. The number of phosphoric ester groups is 1. The summed E-state index contributed by atoms with van der Waals surface area (Å²) >= 11 is 0. The fourth-order valence-electron chi connectivity index (χ4n) is 0.873. The van der Waals surface area contributed by atoms with Crippen molar-refractivity contribution >= 4 is 15.6 Å². The zero-order chi connectivity index (χ0) is 12.8. The maximum atomic E-state index is 11.1. The van der Waals surface area contributed by atoms with Gasteiger partial charge in [0.2, 0.25) is 0 Å². The summed E-state index contributed by atoms with van der Waals surface area (Å²) in [5, 5.41) is 2.74. The van der Waals surface area contributed by atoms with Crippen LogP contribution in [-0.2, 0) is 18.0 Å². The van der Waals surface area contributed by atoms with E-state index in [0.29, 0.717) is 6.54 Å². The molecule has 0 bridgehead atoms. The van der Waals surface area contributed by atoms with E-state index >= 15 is 0 Å². The van der Waals surface area contributed by atoms with Crippen molar-refractivity contribution in [1.29, 1.82) is 0 Å². The molecule has 0 aliphatic heterocycles. The van der Waals surface area contributed by atoms with Crippen LogP contribution in [0.2, 0.25) is 0 Å². The molecule has 4 N–H and O–H groups in total. The third kappa shape index (κ3) is 9.45. The van der Waals surface area contributed by atoms with Gasteiger partial charge in [0.15, 0.2) is 0 Å². The summed E-state index contributed by atoms with van der Waals surface area (Å²) in [6.07, 6.45) is 0.951. The fourth-order valence-corrected chi connectivity index (χ4v) is 2.58. The molecule has 2 unspecified atom stereocenters. The van der Waals surface area contributed by atoms with Crippen LogP contribution in [0, 0.1) is 0 Å². The Morgan fingerprint density at radius 2 is 1.88 bits per heavy atom. The molecule has 0 aromatic carbocycles. The van der Waals surface area contributed by atoms with Gasteiger partial charge in [0, 0.05) is 0 Å². The molecule has 0 aliphatic rings. The van der Waals surface area contributed by atoms with E-state index < -0.39 is 21.9 Å². The molecule has 0 aliphatic carbocycles. The van der Waals surface area contributed by atoms with E-state index in [9.17, 15) is 9.13 Å². The van der Waals surface area contributed by atoms with E-state index in [0.717, 1.165) is 12.8 Å². The molecule has 0 radical (unpaired) electrons. The van der Waals surface area contributed by atoms with Gasteiger partial charge in [-0.15, -0.1) is 0 Å². The van der Waals surface area contributed by atoms with Gasteiger partial charge in [-0.05, 0) is 19.9 Å². The number of phosphoric acid groups is 2. The van der Waals surface area contributed by atoms with Gasteiger partial charge in [0.05, 0.1) is 0 Å². The van der Waals surface area contributed by atoms with Gasteiger partial charge >= 0.3 is 15.6 Å². The van der Waals surface area contributed by atoms with Crippen molar-refractivity contribution in [3.8, 4) is 0 Å². The van der Waals surface area contributed by atoms with E-state index in [2.05, 4.69) is 14.2 Å². The maximum Gasteiger partial charge on any atom is 0.482 e. The predicted molar refractivity (Wildman–Crippen MR) is 56.4 cm³/mol. The minimum Gasteiger partial charge on any atom is -0.302 e. The van der Waals surface area contributed by atoms with Gasteiger partial charge in [0.25, 0.3) is 0 Å². The molecular formula is C6H17NO7P2. The Kier molecular flexibility index (Phi) is 6.93. The Morgan fingerprint density at radius 1 is 1.31 bits per heavy atom. The number of unbranched alkanes of at least 4 members (excludes halogenated alkanes) is 1. The summed E-state index contributed by atoms with van der Waals surface area (Å²) in [7, 11) is -9.79. The molecule has 8 nitrogen and oxygen atoms in total. The highest BCUT2D eigenvalue weighted by Crippen LogP contribution is 2.57. The minimum atomic E-state index is -5.04. The van der Waals surface area contributed by atoms with Gasteiger partial charge in [-0.25, -0.2) is 9.13 Å². The van der Waals surface area contributed by atoms with Crippen LogP contribution in [0.5, 0.6) is 0 Å². The summed E-state index contributed by atoms with van der Waals surface area (Å²) in [6, 6.07) is 0. The molecule has 16 heavy (non-hydrogen) atoms. The summed E-state index contributed by atoms with van der Waals surface area (Å²) in [4.78, 5) is 25.6. The molecular weight excluding hydrogens is 260 g/mol. The summed E-state index contributed by atoms with van der Waals surface area (Å²) in [5.74, 6) is 0. The van der Waals surface area contributed by atoms with Gasteiger partial charge < -0.3 is 14.7 Å². The first-order valence-electron chi connectivity index (χ1n) is 4.68. The molecule has 2 atom stereocenters. The summed E-state index contributed by atoms with van der Waals surface area (Å²) < 4.78 is 29.4. The van der Waals surface area contributed by atoms with Crippen LogP contribution in [0.4, 0.5) is 0 Å². The molecule has 0 aromatic rings. The van der Waals surface area contributed by atoms with Crippen molar-refractivity contribution in [2.45, 2.75) is 32.9 Å². The normalized spacial score (nSPS) is 18.1. The predicted octanol–water partition coefficient (Wildman–Crippen LogP) is 0.948. The smallest absolute Gasteiger partial charge is 0.302 e. The SMILES string of the molecule is CCCCNC(C)OP(=O)(O)OP(=O)(O)O. The van der Waals surface area contributed by atoms with Crippen molar-refractivity contribution in [3.05, 3.63) is 0 Å². The molecule has 0 aromatic heterocycles. The van der Waals surface area contributed by atoms with Crippen LogP contribution in [0.25, 0.3) is 0 Å². The van der Waals surface area contributed by atoms with E-state index in [4.69, 9.17) is 14.7 Å².